The summed E-state index contributed by atoms with van der Waals surface area (Å²) in [6.45, 7) is 2.39. The molecule has 4 atom stereocenters. The molecule has 0 aromatic rings. The van der Waals surface area contributed by atoms with E-state index in [0.29, 0.717) is 6.10 Å². The van der Waals surface area contributed by atoms with Crippen LogP contribution in [-0.4, -0.2) is 36.1 Å². The Morgan fingerprint density at radius 3 is 2.18 bits per heavy atom. The van der Waals surface area contributed by atoms with Crippen LogP contribution in [0.25, 0.3) is 0 Å². The quantitative estimate of drug-likeness (QED) is 0.728. The van der Waals surface area contributed by atoms with Gasteiger partial charge in [-0.2, -0.15) is 0 Å². The van der Waals surface area contributed by atoms with E-state index in [1.165, 1.54) is 32.1 Å². The van der Waals surface area contributed by atoms with E-state index < -0.39 is 0 Å². The number of aliphatic hydroxyl groups is 1. The van der Waals surface area contributed by atoms with Gasteiger partial charge >= 0.3 is 0 Å². The van der Waals surface area contributed by atoms with Crippen LogP contribution in [0.15, 0.2) is 0 Å². The highest BCUT2D eigenvalue weighted by atomic mass is 16.6. The molecule has 4 unspecified atom stereocenters. The summed E-state index contributed by atoms with van der Waals surface area (Å²) in [7, 11) is 0. The molecular formula is C14H26O3. The molecule has 17 heavy (non-hydrogen) atoms. The first-order chi connectivity index (χ1) is 8.33. The fraction of sp³-hybridized carbons (Fsp3) is 1.00. The monoisotopic (exact) mass is 242 g/mol. The minimum Gasteiger partial charge on any atom is -0.394 e. The van der Waals surface area contributed by atoms with Gasteiger partial charge in [-0.1, -0.05) is 26.2 Å². The second kappa shape index (κ2) is 6.72. The fourth-order valence-corrected chi connectivity index (χ4v) is 2.98. The average molecular weight is 242 g/mol. The van der Waals surface area contributed by atoms with E-state index in [4.69, 9.17) is 14.6 Å². The van der Waals surface area contributed by atoms with Crippen molar-refractivity contribution in [2.75, 3.05) is 6.61 Å². The van der Waals surface area contributed by atoms with Gasteiger partial charge in [-0.25, -0.2) is 0 Å². The van der Waals surface area contributed by atoms with Crippen LogP contribution in [0.5, 0.6) is 0 Å². The van der Waals surface area contributed by atoms with Gasteiger partial charge in [-0.3, -0.25) is 0 Å². The van der Waals surface area contributed by atoms with Crippen LogP contribution < -0.4 is 0 Å². The zero-order valence-corrected chi connectivity index (χ0v) is 10.9. The van der Waals surface area contributed by atoms with Crippen molar-refractivity contribution in [1.82, 2.24) is 0 Å². The Labute approximate surface area is 104 Å². The topological polar surface area (TPSA) is 38.7 Å². The van der Waals surface area contributed by atoms with Gasteiger partial charge < -0.3 is 14.6 Å². The molecule has 0 saturated carbocycles. The molecule has 0 amide bonds. The highest BCUT2D eigenvalue weighted by Gasteiger charge is 2.36. The van der Waals surface area contributed by atoms with Gasteiger partial charge in [0.2, 0.25) is 0 Å². The first kappa shape index (κ1) is 13.3. The second-order valence-corrected chi connectivity index (χ2v) is 5.43. The Kier molecular flexibility index (Phi) is 5.26. The summed E-state index contributed by atoms with van der Waals surface area (Å²) in [6, 6.07) is 0. The van der Waals surface area contributed by atoms with Crippen LogP contribution in [-0.2, 0) is 9.47 Å². The van der Waals surface area contributed by atoms with Crippen LogP contribution in [0, 0.1) is 0 Å². The molecule has 0 radical (unpaired) electrons. The lowest BCUT2D eigenvalue weighted by Crippen LogP contribution is -2.27. The normalized spacial score (nSPS) is 37.8. The van der Waals surface area contributed by atoms with Crippen molar-refractivity contribution in [2.45, 2.75) is 82.7 Å². The summed E-state index contributed by atoms with van der Waals surface area (Å²) in [5.41, 5.74) is 0. The van der Waals surface area contributed by atoms with Crippen LogP contribution in [0.3, 0.4) is 0 Å². The summed E-state index contributed by atoms with van der Waals surface area (Å²) in [5.74, 6) is 0. The van der Waals surface area contributed by atoms with Crippen molar-refractivity contribution in [3.8, 4) is 0 Å². The molecule has 2 fully saturated rings. The molecule has 1 N–H and O–H groups in total. The standard InChI is InChI=1S/C14H26O3/c1-2-3-4-5-11-6-8-13(16-11)14-9-7-12(10-15)17-14/h11-15H,2-10H2,1H3. The molecule has 0 bridgehead atoms. The number of hydrogen-bond donors (Lipinski definition) is 1. The predicted molar refractivity (Wildman–Crippen MR) is 67.0 cm³/mol. The van der Waals surface area contributed by atoms with Crippen LogP contribution >= 0.6 is 0 Å². The maximum Gasteiger partial charge on any atom is 0.0842 e. The van der Waals surface area contributed by atoms with E-state index in [0.717, 1.165) is 19.3 Å². The fourth-order valence-electron chi connectivity index (χ4n) is 2.98. The predicted octanol–water partition coefficient (Wildman–Crippen LogP) is 2.65. The van der Waals surface area contributed by atoms with Crippen molar-refractivity contribution in [3.63, 3.8) is 0 Å². The van der Waals surface area contributed by atoms with Crippen LogP contribution in [0.1, 0.15) is 58.3 Å². The van der Waals surface area contributed by atoms with Gasteiger partial charge in [-0.15, -0.1) is 0 Å². The second-order valence-electron chi connectivity index (χ2n) is 5.43. The van der Waals surface area contributed by atoms with Crippen molar-refractivity contribution >= 4 is 0 Å². The van der Waals surface area contributed by atoms with Crippen molar-refractivity contribution in [3.05, 3.63) is 0 Å². The third kappa shape index (κ3) is 3.67. The molecule has 0 aromatic heterocycles. The number of ether oxygens (including phenoxy) is 2. The highest BCUT2D eigenvalue weighted by molar-refractivity contribution is 4.85. The molecule has 0 spiro atoms. The minimum atomic E-state index is 0.0581. The number of aliphatic hydroxyl groups excluding tert-OH is 1. The van der Waals surface area contributed by atoms with Gasteiger partial charge in [0.15, 0.2) is 0 Å². The summed E-state index contributed by atoms with van der Waals surface area (Å²) in [6.07, 6.45) is 10.5. The van der Waals surface area contributed by atoms with Gasteiger partial charge in [0.25, 0.3) is 0 Å². The van der Waals surface area contributed by atoms with Crippen LogP contribution in [0.4, 0.5) is 0 Å². The third-order valence-electron chi connectivity index (χ3n) is 4.03. The van der Waals surface area contributed by atoms with Gasteiger partial charge in [0.1, 0.15) is 0 Å². The Morgan fingerprint density at radius 1 is 0.941 bits per heavy atom. The van der Waals surface area contributed by atoms with E-state index in [1.54, 1.807) is 0 Å². The molecule has 0 aromatic carbocycles. The lowest BCUT2D eigenvalue weighted by atomic mass is 10.0. The van der Waals surface area contributed by atoms with Gasteiger partial charge in [0, 0.05) is 0 Å². The molecule has 100 valence electrons. The molecule has 2 rings (SSSR count). The molecular weight excluding hydrogens is 216 g/mol. The number of hydrogen-bond acceptors (Lipinski definition) is 3. The molecule has 2 aliphatic rings. The molecule has 3 heteroatoms. The molecule has 2 heterocycles. The lowest BCUT2D eigenvalue weighted by Gasteiger charge is -2.20. The summed E-state index contributed by atoms with van der Waals surface area (Å²) in [5, 5.41) is 9.06. The summed E-state index contributed by atoms with van der Waals surface area (Å²) >= 11 is 0. The smallest absolute Gasteiger partial charge is 0.0842 e. The first-order valence-corrected chi connectivity index (χ1v) is 7.25. The van der Waals surface area contributed by atoms with E-state index in [1.807, 2.05) is 0 Å². The zero-order valence-electron chi connectivity index (χ0n) is 10.9. The van der Waals surface area contributed by atoms with E-state index in [-0.39, 0.29) is 24.9 Å². The minimum absolute atomic E-state index is 0.0581. The Balaban J connectivity index is 1.67. The maximum atomic E-state index is 9.06. The first-order valence-electron chi connectivity index (χ1n) is 7.25. The number of rotatable bonds is 6. The Bertz CT molecular complexity index is 220. The Morgan fingerprint density at radius 2 is 1.59 bits per heavy atom. The van der Waals surface area contributed by atoms with Gasteiger partial charge in [0.05, 0.1) is 31.0 Å². The van der Waals surface area contributed by atoms with Crippen molar-refractivity contribution < 1.29 is 14.6 Å². The molecule has 3 nitrogen and oxygen atoms in total. The highest BCUT2D eigenvalue weighted by Crippen LogP contribution is 2.32. The SMILES string of the molecule is CCCCCC1CCC(C2CCC(CO)O2)O1. The van der Waals surface area contributed by atoms with E-state index in [2.05, 4.69) is 6.92 Å². The van der Waals surface area contributed by atoms with Crippen molar-refractivity contribution in [1.29, 1.82) is 0 Å². The largest absolute Gasteiger partial charge is 0.394 e. The van der Waals surface area contributed by atoms with E-state index >= 15 is 0 Å². The average Bonchev–Trinajstić information content (AvgIpc) is 2.97. The third-order valence-corrected chi connectivity index (χ3v) is 4.03. The summed E-state index contributed by atoms with van der Waals surface area (Å²) < 4.78 is 11.9. The van der Waals surface area contributed by atoms with Crippen molar-refractivity contribution in [2.24, 2.45) is 0 Å². The Hall–Kier alpha value is -0.120. The maximum absolute atomic E-state index is 9.06. The lowest BCUT2D eigenvalue weighted by molar-refractivity contribution is -0.0752. The molecule has 0 aliphatic carbocycles. The van der Waals surface area contributed by atoms with Crippen LogP contribution in [0.2, 0.25) is 0 Å². The van der Waals surface area contributed by atoms with E-state index in [9.17, 15) is 0 Å². The summed E-state index contributed by atoms with van der Waals surface area (Å²) in [4.78, 5) is 0. The zero-order chi connectivity index (χ0) is 12.1. The molecule has 2 saturated heterocycles. The van der Waals surface area contributed by atoms with Gasteiger partial charge in [-0.05, 0) is 32.1 Å². The number of unbranched alkanes of at least 4 members (excludes halogenated alkanes) is 2. The molecule has 2 aliphatic heterocycles.